The van der Waals surface area contributed by atoms with Crippen molar-refractivity contribution in [1.82, 2.24) is 0 Å². The van der Waals surface area contributed by atoms with Gasteiger partial charge in [0.05, 0.1) is 5.69 Å². The minimum Gasteiger partial charge on any atom is -0.508 e. The zero-order chi connectivity index (χ0) is 14.5. The van der Waals surface area contributed by atoms with Crippen LogP contribution in [0, 0.1) is 6.92 Å². The summed E-state index contributed by atoms with van der Waals surface area (Å²) in [4.78, 5) is 13.0. The van der Waals surface area contributed by atoms with Crippen LogP contribution in [0.15, 0.2) is 47.4 Å². The summed E-state index contributed by atoms with van der Waals surface area (Å²) in [5, 5.41) is 14.8. The number of amides is 2. The van der Waals surface area contributed by atoms with Crippen LogP contribution in [-0.4, -0.2) is 17.4 Å². The topological polar surface area (TPSA) is 61.4 Å². The minimum atomic E-state index is -0.305. The van der Waals surface area contributed by atoms with Crippen LogP contribution < -0.4 is 10.6 Å². The lowest BCUT2D eigenvalue weighted by Crippen LogP contribution is -2.20. The number of phenols is 1. The summed E-state index contributed by atoms with van der Waals surface area (Å²) in [5.74, 6) is 0.166. The molecule has 0 bridgehead atoms. The third-order valence-corrected chi connectivity index (χ3v) is 3.60. The van der Waals surface area contributed by atoms with Crippen LogP contribution in [0.2, 0.25) is 0 Å². The molecule has 5 heteroatoms. The molecule has 4 nitrogen and oxygen atoms in total. The summed E-state index contributed by atoms with van der Waals surface area (Å²) in [5.41, 5.74) is 2.45. The van der Waals surface area contributed by atoms with E-state index in [0.29, 0.717) is 5.69 Å². The standard InChI is InChI=1S/C15H16N2O2S/c1-10-4-3-5-13(20-2)14(10)17-15(19)16-11-6-8-12(18)9-7-11/h3-9,18H,1-2H3,(H2,16,17,19). The Kier molecular flexibility index (Phi) is 4.53. The Morgan fingerprint density at radius 2 is 1.80 bits per heavy atom. The number of hydrogen-bond acceptors (Lipinski definition) is 3. The Balaban J connectivity index is 2.10. The summed E-state index contributed by atoms with van der Waals surface area (Å²) in [7, 11) is 0. The summed E-state index contributed by atoms with van der Waals surface area (Å²) >= 11 is 1.58. The predicted octanol–water partition coefficient (Wildman–Crippen LogP) is 4.07. The van der Waals surface area contributed by atoms with Gasteiger partial charge in [0.1, 0.15) is 5.75 Å². The van der Waals surface area contributed by atoms with Crippen LogP contribution in [0.3, 0.4) is 0 Å². The second-order valence-corrected chi connectivity index (χ2v) is 5.13. The van der Waals surface area contributed by atoms with E-state index in [4.69, 9.17) is 0 Å². The normalized spacial score (nSPS) is 10.1. The second kappa shape index (κ2) is 6.34. The maximum atomic E-state index is 12.0. The van der Waals surface area contributed by atoms with Crippen LogP contribution >= 0.6 is 11.8 Å². The highest BCUT2D eigenvalue weighted by atomic mass is 32.2. The smallest absolute Gasteiger partial charge is 0.323 e. The molecule has 0 fully saturated rings. The molecule has 0 spiro atoms. The lowest BCUT2D eigenvalue weighted by molar-refractivity contribution is 0.262. The highest BCUT2D eigenvalue weighted by molar-refractivity contribution is 7.98. The number of carbonyl (C=O) groups is 1. The molecule has 20 heavy (non-hydrogen) atoms. The van der Waals surface area contributed by atoms with Crippen molar-refractivity contribution in [2.45, 2.75) is 11.8 Å². The molecular weight excluding hydrogens is 272 g/mol. The number of benzene rings is 2. The molecular formula is C15H16N2O2S. The third kappa shape index (κ3) is 3.45. The van der Waals surface area contributed by atoms with Gasteiger partial charge in [0, 0.05) is 10.6 Å². The van der Waals surface area contributed by atoms with Crippen LogP contribution in [0.5, 0.6) is 5.75 Å². The molecule has 0 saturated carbocycles. The van der Waals surface area contributed by atoms with Crippen molar-refractivity contribution in [3.05, 3.63) is 48.0 Å². The molecule has 0 aromatic heterocycles. The second-order valence-electron chi connectivity index (χ2n) is 4.28. The third-order valence-electron chi connectivity index (χ3n) is 2.82. The molecule has 2 aromatic carbocycles. The number of nitrogens with one attached hydrogen (secondary N) is 2. The van der Waals surface area contributed by atoms with Gasteiger partial charge >= 0.3 is 6.03 Å². The molecule has 0 aliphatic rings. The first-order valence-electron chi connectivity index (χ1n) is 6.11. The molecule has 0 aliphatic heterocycles. The predicted molar refractivity (Wildman–Crippen MR) is 83.7 cm³/mol. The van der Waals surface area contributed by atoms with Gasteiger partial charge in [-0.3, -0.25) is 0 Å². The maximum Gasteiger partial charge on any atom is 0.323 e. The lowest BCUT2D eigenvalue weighted by Gasteiger charge is -2.13. The van der Waals surface area contributed by atoms with Crippen molar-refractivity contribution >= 4 is 29.2 Å². The average molecular weight is 288 g/mol. The first-order chi connectivity index (χ1) is 9.60. The van der Waals surface area contributed by atoms with E-state index in [2.05, 4.69) is 10.6 Å². The SMILES string of the molecule is CSc1cccc(C)c1NC(=O)Nc1ccc(O)cc1. The van der Waals surface area contributed by atoms with Crippen LogP contribution in [-0.2, 0) is 0 Å². The van der Waals surface area contributed by atoms with Gasteiger partial charge in [-0.25, -0.2) is 4.79 Å². The first-order valence-corrected chi connectivity index (χ1v) is 7.33. The number of hydrogen-bond donors (Lipinski definition) is 3. The van der Waals surface area contributed by atoms with E-state index in [1.54, 1.807) is 23.9 Å². The van der Waals surface area contributed by atoms with E-state index in [0.717, 1.165) is 16.1 Å². The molecule has 3 N–H and O–H groups in total. The van der Waals surface area contributed by atoms with E-state index in [9.17, 15) is 9.90 Å². The fraction of sp³-hybridized carbons (Fsp3) is 0.133. The summed E-state index contributed by atoms with van der Waals surface area (Å²) in [6, 6.07) is 11.9. The molecule has 0 atom stereocenters. The highest BCUT2D eigenvalue weighted by Gasteiger charge is 2.09. The van der Waals surface area contributed by atoms with E-state index in [1.807, 2.05) is 31.4 Å². The van der Waals surface area contributed by atoms with E-state index >= 15 is 0 Å². The zero-order valence-corrected chi connectivity index (χ0v) is 12.1. The average Bonchev–Trinajstić information content (AvgIpc) is 2.43. The van der Waals surface area contributed by atoms with Crippen molar-refractivity contribution in [3.8, 4) is 5.75 Å². The van der Waals surface area contributed by atoms with Gasteiger partial charge < -0.3 is 15.7 Å². The highest BCUT2D eigenvalue weighted by Crippen LogP contribution is 2.28. The molecule has 0 heterocycles. The van der Waals surface area contributed by atoms with Crippen molar-refractivity contribution in [2.24, 2.45) is 0 Å². The monoisotopic (exact) mass is 288 g/mol. The Labute approximate surface area is 122 Å². The molecule has 0 saturated heterocycles. The van der Waals surface area contributed by atoms with E-state index in [1.165, 1.54) is 12.1 Å². The fourth-order valence-electron chi connectivity index (χ4n) is 1.79. The zero-order valence-electron chi connectivity index (χ0n) is 11.3. The summed E-state index contributed by atoms with van der Waals surface area (Å²) in [6.07, 6.45) is 1.97. The van der Waals surface area contributed by atoms with Crippen LogP contribution in [0.25, 0.3) is 0 Å². The molecule has 0 radical (unpaired) electrons. The van der Waals surface area contributed by atoms with E-state index in [-0.39, 0.29) is 11.8 Å². The number of aromatic hydroxyl groups is 1. The Hall–Kier alpha value is -2.14. The number of aryl methyl sites for hydroxylation is 1. The molecule has 2 rings (SSSR count). The largest absolute Gasteiger partial charge is 0.508 e. The van der Waals surface area contributed by atoms with Crippen LogP contribution in [0.4, 0.5) is 16.2 Å². The summed E-state index contributed by atoms with van der Waals surface area (Å²) < 4.78 is 0. The number of carbonyl (C=O) groups excluding carboxylic acids is 1. The lowest BCUT2D eigenvalue weighted by atomic mass is 10.2. The van der Waals surface area contributed by atoms with Gasteiger partial charge in [0.15, 0.2) is 0 Å². The number of para-hydroxylation sites is 1. The van der Waals surface area contributed by atoms with Crippen molar-refractivity contribution in [3.63, 3.8) is 0 Å². The number of thioether (sulfide) groups is 1. The van der Waals surface area contributed by atoms with Gasteiger partial charge in [0.2, 0.25) is 0 Å². The number of phenolic OH excluding ortho intramolecular Hbond substituents is 1. The summed E-state index contributed by atoms with van der Waals surface area (Å²) in [6.45, 7) is 1.95. The molecule has 0 aliphatic carbocycles. The van der Waals surface area contributed by atoms with Crippen molar-refractivity contribution in [2.75, 3.05) is 16.9 Å². The Bertz CT molecular complexity index is 612. The van der Waals surface area contributed by atoms with Gasteiger partial charge in [-0.2, -0.15) is 0 Å². The molecule has 2 aromatic rings. The fourth-order valence-corrected chi connectivity index (χ4v) is 2.42. The van der Waals surface area contributed by atoms with Crippen molar-refractivity contribution in [1.29, 1.82) is 0 Å². The van der Waals surface area contributed by atoms with Gasteiger partial charge in [-0.15, -0.1) is 11.8 Å². The van der Waals surface area contributed by atoms with Gasteiger partial charge in [-0.1, -0.05) is 12.1 Å². The minimum absolute atomic E-state index is 0.166. The first kappa shape index (κ1) is 14.3. The Morgan fingerprint density at radius 3 is 2.45 bits per heavy atom. The quantitative estimate of drug-likeness (QED) is 0.589. The molecule has 104 valence electrons. The molecule has 0 unspecified atom stereocenters. The van der Waals surface area contributed by atoms with Gasteiger partial charge in [-0.05, 0) is 49.1 Å². The van der Waals surface area contributed by atoms with Crippen LogP contribution in [0.1, 0.15) is 5.56 Å². The Morgan fingerprint density at radius 1 is 1.10 bits per heavy atom. The number of rotatable bonds is 3. The number of urea groups is 1. The maximum absolute atomic E-state index is 12.0. The van der Waals surface area contributed by atoms with Gasteiger partial charge in [0.25, 0.3) is 0 Å². The number of anilines is 2. The van der Waals surface area contributed by atoms with E-state index < -0.39 is 0 Å². The molecule has 2 amide bonds. The van der Waals surface area contributed by atoms with Crippen molar-refractivity contribution < 1.29 is 9.90 Å².